The Morgan fingerprint density at radius 2 is 1.81 bits per heavy atom. The van der Waals surface area contributed by atoms with Crippen LogP contribution < -0.4 is 0 Å². The summed E-state index contributed by atoms with van der Waals surface area (Å²) in [6, 6.07) is 6.14. The van der Waals surface area contributed by atoms with E-state index in [-0.39, 0.29) is 5.41 Å². The Bertz CT molecular complexity index is 411. The largest absolute Gasteiger partial charge is 0.294 e. The van der Waals surface area contributed by atoms with E-state index in [9.17, 15) is 4.79 Å². The van der Waals surface area contributed by atoms with Crippen LogP contribution in [0.4, 0.5) is 0 Å². The Labute approximate surface area is 97.9 Å². The Hall–Kier alpha value is -1.11. The van der Waals surface area contributed by atoms with Crippen LogP contribution in [0.3, 0.4) is 0 Å². The third-order valence-electron chi connectivity index (χ3n) is 3.88. The summed E-state index contributed by atoms with van der Waals surface area (Å²) in [7, 11) is 0. The summed E-state index contributed by atoms with van der Waals surface area (Å²) >= 11 is 0. The van der Waals surface area contributed by atoms with Gasteiger partial charge in [0, 0.05) is 11.0 Å². The lowest BCUT2D eigenvalue weighted by Crippen LogP contribution is -2.25. The molecule has 0 aliphatic heterocycles. The molecule has 1 aromatic rings. The zero-order valence-electron chi connectivity index (χ0n) is 10.5. The third kappa shape index (κ3) is 1.91. The van der Waals surface area contributed by atoms with Gasteiger partial charge in [-0.25, -0.2) is 0 Å². The lowest BCUT2D eigenvalue weighted by molar-refractivity contribution is 0.0823. The van der Waals surface area contributed by atoms with Crippen molar-refractivity contribution in [2.24, 2.45) is 5.41 Å². The molecule has 0 bridgehead atoms. The van der Waals surface area contributed by atoms with Crippen molar-refractivity contribution in [3.05, 3.63) is 34.9 Å². The van der Waals surface area contributed by atoms with Crippen LogP contribution in [-0.4, -0.2) is 5.78 Å². The highest BCUT2D eigenvalue weighted by molar-refractivity contribution is 6.01. The van der Waals surface area contributed by atoms with Crippen molar-refractivity contribution in [1.82, 2.24) is 0 Å². The molecule has 0 aromatic heterocycles. The van der Waals surface area contributed by atoms with Gasteiger partial charge in [0.2, 0.25) is 0 Å². The molecule has 1 saturated carbocycles. The number of carbonyl (C=O) groups excluding carboxylic acids is 1. The summed E-state index contributed by atoms with van der Waals surface area (Å²) in [4.78, 5) is 12.5. The van der Waals surface area contributed by atoms with E-state index in [1.165, 1.54) is 18.4 Å². The molecule has 1 nitrogen and oxygen atoms in total. The van der Waals surface area contributed by atoms with Crippen LogP contribution in [-0.2, 0) is 0 Å². The van der Waals surface area contributed by atoms with Gasteiger partial charge in [-0.05, 0) is 32.3 Å². The number of carbonyl (C=O) groups is 1. The minimum atomic E-state index is -0.0972. The average molecular weight is 216 g/mol. The van der Waals surface area contributed by atoms with E-state index in [1.807, 2.05) is 19.1 Å². The first kappa shape index (κ1) is 11.4. The maximum atomic E-state index is 12.5. The molecular weight excluding hydrogens is 196 g/mol. The molecule has 0 spiro atoms. The second-order valence-corrected chi connectivity index (χ2v) is 5.42. The zero-order chi connectivity index (χ0) is 11.8. The van der Waals surface area contributed by atoms with Crippen LogP contribution in [0.1, 0.15) is 54.1 Å². The first-order valence-corrected chi connectivity index (χ1v) is 6.15. The average Bonchev–Trinajstić information content (AvgIpc) is 2.66. The van der Waals surface area contributed by atoms with E-state index < -0.39 is 0 Å². The fraction of sp³-hybridized carbons (Fsp3) is 0.533. The van der Waals surface area contributed by atoms with Crippen molar-refractivity contribution in [2.75, 3.05) is 0 Å². The van der Waals surface area contributed by atoms with E-state index >= 15 is 0 Å². The standard InChI is InChI=1S/C15H20O/c1-11-6-7-13(12(2)10-11)14(16)15(3)8-4-5-9-15/h6-7,10H,4-5,8-9H2,1-3H3. The maximum absolute atomic E-state index is 12.5. The number of rotatable bonds is 2. The maximum Gasteiger partial charge on any atom is 0.168 e. The van der Waals surface area contributed by atoms with Gasteiger partial charge in [0.05, 0.1) is 0 Å². The van der Waals surface area contributed by atoms with Gasteiger partial charge in [-0.15, -0.1) is 0 Å². The number of hydrogen-bond donors (Lipinski definition) is 0. The van der Waals surface area contributed by atoms with Crippen molar-refractivity contribution >= 4 is 5.78 Å². The molecule has 0 N–H and O–H groups in total. The topological polar surface area (TPSA) is 17.1 Å². The van der Waals surface area contributed by atoms with E-state index in [0.717, 1.165) is 24.0 Å². The number of aryl methyl sites for hydroxylation is 2. The van der Waals surface area contributed by atoms with Crippen LogP contribution in [0.15, 0.2) is 18.2 Å². The molecule has 0 unspecified atom stereocenters. The number of benzene rings is 1. The van der Waals surface area contributed by atoms with Crippen molar-refractivity contribution in [3.8, 4) is 0 Å². The van der Waals surface area contributed by atoms with Gasteiger partial charge in [-0.3, -0.25) is 4.79 Å². The summed E-state index contributed by atoms with van der Waals surface area (Å²) in [5, 5.41) is 0. The van der Waals surface area contributed by atoms with E-state index in [4.69, 9.17) is 0 Å². The summed E-state index contributed by atoms with van der Waals surface area (Å²) in [5.74, 6) is 0.350. The minimum absolute atomic E-state index is 0.0972. The van der Waals surface area contributed by atoms with E-state index in [2.05, 4.69) is 19.9 Å². The highest BCUT2D eigenvalue weighted by Crippen LogP contribution is 2.40. The fourth-order valence-corrected chi connectivity index (χ4v) is 2.78. The second kappa shape index (κ2) is 4.04. The van der Waals surface area contributed by atoms with Crippen LogP contribution in [0.5, 0.6) is 0 Å². The lowest BCUT2D eigenvalue weighted by Gasteiger charge is -2.22. The molecule has 0 amide bonds. The summed E-state index contributed by atoms with van der Waals surface area (Å²) in [5.41, 5.74) is 3.18. The van der Waals surface area contributed by atoms with Crippen molar-refractivity contribution < 1.29 is 4.79 Å². The molecule has 86 valence electrons. The highest BCUT2D eigenvalue weighted by Gasteiger charge is 2.36. The molecule has 1 aliphatic rings. The molecule has 0 radical (unpaired) electrons. The highest BCUT2D eigenvalue weighted by atomic mass is 16.1. The van der Waals surface area contributed by atoms with E-state index in [0.29, 0.717) is 5.78 Å². The van der Waals surface area contributed by atoms with Gasteiger partial charge < -0.3 is 0 Å². The fourth-order valence-electron chi connectivity index (χ4n) is 2.78. The van der Waals surface area contributed by atoms with E-state index in [1.54, 1.807) is 0 Å². The molecule has 2 rings (SSSR count). The Balaban J connectivity index is 2.33. The van der Waals surface area contributed by atoms with Gasteiger partial charge in [-0.2, -0.15) is 0 Å². The summed E-state index contributed by atoms with van der Waals surface area (Å²) < 4.78 is 0. The number of ketones is 1. The normalized spacial score (nSPS) is 18.7. The second-order valence-electron chi connectivity index (χ2n) is 5.42. The van der Waals surface area contributed by atoms with Crippen LogP contribution in [0, 0.1) is 19.3 Å². The monoisotopic (exact) mass is 216 g/mol. The smallest absolute Gasteiger partial charge is 0.168 e. The Morgan fingerprint density at radius 3 is 2.38 bits per heavy atom. The third-order valence-corrected chi connectivity index (χ3v) is 3.88. The first-order valence-electron chi connectivity index (χ1n) is 6.15. The van der Waals surface area contributed by atoms with Crippen molar-refractivity contribution in [1.29, 1.82) is 0 Å². The summed E-state index contributed by atoms with van der Waals surface area (Å²) in [6.07, 6.45) is 4.51. The van der Waals surface area contributed by atoms with Crippen LogP contribution >= 0.6 is 0 Å². The zero-order valence-corrected chi connectivity index (χ0v) is 10.5. The molecular formula is C15H20O. The first-order chi connectivity index (χ1) is 7.53. The predicted molar refractivity (Wildman–Crippen MR) is 66.8 cm³/mol. The molecule has 1 fully saturated rings. The molecule has 0 saturated heterocycles. The van der Waals surface area contributed by atoms with Gasteiger partial charge in [0.15, 0.2) is 5.78 Å². The predicted octanol–water partition coefficient (Wildman–Crippen LogP) is 4.07. The lowest BCUT2D eigenvalue weighted by atomic mass is 9.79. The van der Waals surface area contributed by atoms with Crippen LogP contribution in [0.25, 0.3) is 0 Å². The summed E-state index contributed by atoms with van der Waals surface area (Å²) in [6.45, 7) is 6.23. The quantitative estimate of drug-likeness (QED) is 0.681. The Kier molecular flexibility index (Phi) is 2.88. The van der Waals surface area contributed by atoms with Crippen molar-refractivity contribution in [2.45, 2.75) is 46.5 Å². The Morgan fingerprint density at radius 1 is 1.19 bits per heavy atom. The number of hydrogen-bond acceptors (Lipinski definition) is 1. The molecule has 0 heterocycles. The van der Waals surface area contributed by atoms with Gasteiger partial charge in [0.25, 0.3) is 0 Å². The molecule has 0 atom stereocenters. The van der Waals surface area contributed by atoms with Crippen molar-refractivity contribution in [3.63, 3.8) is 0 Å². The molecule has 1 aliphatic carbocycles. The minimum Gasteiger partial charge on any atom is -0.294 e. The van der Waals surface area contributed by atoms with Gasteiger partial charge >= 0.3 is 0 Å². The SMILES string of the molecule is Cc1ccc(C(=O)C2(C)CCCC2)c(C)c1. The van der Waals surface area contributed by atoms with Gasteiger partial charge in [-0.1, -0.05) is 43.5 Å². The van der Waals surface area contributed by atoms with Gasteiger partial charge in [0.1, 0.15) is 0 Å². The molecule has 1 aromatic carbocycles. The molecule has 16 heavy (non-hydrogen) atoms. The van der Waals surface area contributed by atoms with Crippen LogP contribution in [0.2, 0.25) is 0 Å². The number of Topliss-reactive ketones (excluding diaryl/α,β-unsaturated/α-hetero) is 1. The molecule has 1 heteroatoms.